The predicted molar refractivity (Wildman–Crippen MR) is 135 cm³/mol. The molecule has 0 aliphatic rings. The van der Waals surface area contributed by atoms with Crippen LogP contribution in [0.1, 0.15) is 22.4 Å². The van der Waals surface area contributed by atoms with E-state index in [0.29, 0.717) is 16.9 Å². The van der Waals surface area contributed by atoms with E-state index in [4.69, 9.17) is 4.98 Å². The number of aromatic nitrogens is 6. The molecule has 0 unspecified atom stereocenters. The topological polar surface area (TPSA) is 69.5 Å². The molecule has 34 heavy (non-hydrogen) atoms. The van der Waals surface area contributed by atoms with Crippen molar-refractivity contribution < 1.29 is 0 Å². The molecule has 0 amide bonds. The molecule has 0 aliphatic heterocycles. The first-order valence-corrected chi connectivity index (χ1v) is 12.0. The van der Waals surface area contributed by atoms with Gasteiger partial charge in [-0.2, -0.15) is 0 Å². The predicted octanol–water partition coefficient (Wildman–Crippen LogP) is 4.90. The molecular formula is C26H22N6OS. The lowest BCUT2D eigenvalue weighted by Crippen LogP contribution is -2.22. The Hall–Kier alpha value is -3.91. The second-order valence-electron chi connectivity index (χ2n) is 8.56. The van der Waals surface area contributed by atoms with Crippen LogP contribution in [0.5, 0.6) is 0 Å². The fourth-order valence-corrected chi connectivity index (χ4v) is 5.14. The molecule has 7 nitrogen and oxygen atoms in total. The van der Waals surface area contributed by atoms with E-state index in [9.17, 15) is 4.79 Å². The van der Waals surface area contributed by atoms with Gasteiger partial charge in [0, 0.05) is 18.1 Å². The highest BCUT2D eigenvalue weighted by Gasteiger charge is 2.19. The van der Waals surface area contributed by atoms with Crippen molar-refractivity contribution in [1.29, 1.82) is 0 Å². The average Bonchev–Trinajstić information content (AvgIpc) is 3.43. The van der Waals surface area contributed by atoms with Crippen LogP contribution in [0.15, 0.2) is 76.9 Å². The minimum atomic E-state index is -0.100. The molecule has 0 saturated carbocycles. The first-order chi connectivity index (χ1) is 16.5. The number of thioether (sulfide) groups is 1. The van der Waals surface area contributed by atoms with Crippen LogP contribution in [-0.4, -0.2) is 28.5 Å². The van der Waals surface area contributed by atoms with E-state index in [1.165, 1.54) is 5.56 Å². The van der Waals surface area contributed by atoms with Gasteiger partial charge in [0.1, 0.15) is 5.65 Å². The molecule has 0 spiro atoms. The lowest BCUT2D eigenvalue weighted by Gasteiger charge is -2.13. The second-order valence-corrected chi connectivity index (χ2v) is 9.50. The molecule has 8 heteroatoms. The molecule has 168 valence electrons. The minimum absolute atomic E-state index is 0.100. The highest BCUT2D eigenvalue weighted by Crippen LogP contribution is 2.26. The highest BCUT2D eigenvalue weighted by atomic mass is 32.2. The van der Waals surface area contributed by atoms with Crippen molar-refractivity contribution in [1.82, 2.24) is 28.5 Å². The van der Waals surface area contributed by atoms with Crippen LogP contribution in [0.2, 0.25) is 0 Å². The van der Waals surface area contributed by atoms with Crippen LogP contribution in [-0.2, 0) is 5.75 Å². The van der Waals surface area contributed by atoms with Crippen molar-refractivity contribution in [2.24, 2.45) is 0 Å². The fourth-order valence-electron chi connectivity index (χ4n) is 4.31. The monoisotopic (exact) mass is 466 g/mol. The van der Waals surface area contributed by atoms with Gasteiger partial charge < -0.3 is 4.40 Å². The van der Waals surface area contributed by atoms with E-state index in [1.807, 2.05) is 77.4 Å². The summed E-state index contributed by atoms with van der Waals surface area (Å²) in [4.78, 5) is 18.3. The van der Waals surface area contributed by atoms with Crippen molar-refractivity contribution in [2.75, 3.05) is 0 Å². The Bertz CT molecular complexity index is 1780. The molecule has 4 heterocycles. The molecule has 0 atom stereocenters. The van der Waals surface area contributed by atoms with Gasteiger partial charge >= 0.3 is 0 Å². The van der Waals surface area contributed by atoms with E-state index in [1.54, 1.807) is 16.3 Å². The third-order valence-electron chi connectivity index (χ3n) is 6.00. The summed E-state index contributed by atoms with van der Waals surface area (Å²) in [6, 6.07) is 17.8. The molecular weight excluding hydrogens is 444 g/mol. The molecule has 0 N–H and O–H groups in total. The minimum Gasteiger partial charge on any atom is -0.307 e. The van der Waals surface area contributed by atoms with Gasteiger partial charge in [-0.05, 0) is 61.7 Å². The lowest BCUT2D eigenvalue weighted by atomic mass is 10.1. The zero-order valence-corrected chi connectivity index (χ0v) is 19.9. The van der Waals surface area contributed by atoms with Gasteiger partial charge in [-0.3, -0.25) is 9.20 Å². The van der Waals surface area contributed by atoms with E-state index in [2.05, 4.69) is 29.4 Å². The molecule has 0 bridgehead atoms. The number of pyridine rings is 1. The van der Waals surface area contributed by atoms with Crippen molar-refractivity contribution in [3.63, 3.8) is 0 Å². The Morgan fingerprint density at radius 1 is 0.912 bits per heavy atom. The molecule has 6 rings (SSSR count). The number of fused-ring (bicyclic) bond motifs is 4. The summed E-state index contributed by atoms with van der Waals surface area (Å²) in [6.45, 7) is 6.09. The summed E-state index contributed by atoms with van der Waals surface area (Å²) < 4.78 is 5.69. The van der Waals surface area contributed by atoms with Gasteiger partial charge in [-0.1, -0.05) is 42.1 Å². The van der Waals surface area contributed by atoms with Gasteiger partial charge in [0.2, 0.25) is 5.78 Å². The van der Waals surface area contributed by atoms with Crippen molar-refractivity contribution in [2.45, 2.75) is 31.7 Å². The summed E-state index contributed by atoms with van der Waals surface area (Å²) in [6.07, 6.45) is 4.11. The van der Waals surface area contributed by atoms with Crippen molar-refractivity contribution in [3.05, 3.63) is 99.7 Å². The van der Waals surface area contributed by atoms with Crippen LogP contribution in [0.4, 0.5) is 0 Å². The van der Waals surface area contributed by atoms with Crippen LogP contribution in [0.25, 0.3) is 28.0 Å². The van der Waals surface area contributed by atoms with Crippen LogP contribution in [0.3, 0.4) is 0 Å². The summed E-state index contributed by atoms with van der Waals surface area (Å²) in [5.74, 6) is 1.14. The largest absolute Gasteiger partial charge is 0.307 e. The molecule has 0 aliphatic carbocycles. The Kier molecular flexibility index (Phi) is 4.77. The Morgan fingerprint density at radius 2 is 1.74 bits per heavy atom. The number of rotatable bonds is 4. The summed E-state index contributed by atoms with van der Waals surface area (Å²) in [7, 11) is 0. The number of benzene rings is 2. The maximum atomic E-state index is 13.6. The van der Waals surface area contributed by atoms with Gasteiger partial charge in [0.15, 0.2) is 5.16 Å². The van der Waals surface area contributed by atoms with E-state index in [-0.39, 0.29) is 5.56 Å². The van der Waals surface area contributed by atoms with Crippen LogP contribution < -0.4 is 5.56 Å². The maximum absolute atomic E-state index is 13.6. The smallest absolute Gasteiger partial charge is 0.267 e. The van der Waals surface area contributed by atoms with Crippen LogP contribution in [0, 0.1) is 20.8 Å². The lowest BCUT2D eigenvalue weighted by molar-refractivity contribution is 0.927. The SMILES string of the molecule is Cc1ccc(C)c(-n2c(=O)c3ccccc3n3c(SCc4cn5cc(C)ccc5n4)nnc23)c1. The number of hydrogen-bond donors (Lipinski definition) is 0. The van der Waals surface area contributed by atoms with Crippen molar-refractivity contribution in [3.8, 4) is 5.69 Å². The molecule has 0 saturated heterocycles. The number of hydrogen-bond acceptors (Lipinski definition) is 5. The summed E-state index contributed by atoms with van der Waals surface area (Å²) in [5.41, 5.74) is 6.65. The number of aryl methyl sites for hydroxylation is 3. The second kappa shape index (κ2) is 7.85. The fraction of sp³-hybridized carbons (Fsp3) is 0.154. The molecule has 0 radical (unpaired) electrons. The standard InChI is InChI=1S/C26H22N6OS/c1-16-8-10-18(3)22(12-16)31-24(33)20-6-4-5-7-21(20)32-25(31)28-29-26(32)34-15-19-14-30-13-17(2)9-11-23(30)27-19/h4-14H,15H2,1-3H3. The first-order valence-electron chi connectivity index (χ1n) is 11.0. The Morgan fingerprint density at radius 3 is 2.62 bits per heavy atom. The van der Waals surface area contributed by atoms with E-state index < -0.39 is 0 Å². The summed E-state index contributed by atoms with van der Waals surface area (Å²) in [5, 5.41) is 10.3. The average molecular weight is 467 g/mol. The first kappa shape index (κ1) is 20.7. The van der Waals surface area contributed by atoms with E-state index >= 15 is 0 Å². The van der Waals surface area contributed by atoms with Gasteiger partial charge in [-0.15, -0.1) is 10.2 Å². The van der Waals surface area contributed by atoms with Gasteiger partial charge in [0.25, 0.3) is 5.56 Å². The quantitative estimate of drug-likeness (QED) is 0.346. The summed E-state index contributed by atoms with van der Waals surface area (Å²) >= 11 is 1.56. The highest BCUT2D eigenvalue weighted by molar-refractivity contribution is 7.98. The maximum Gasteiger partial charge on any atom is 0.267 e. The molecule has 4 aromatic heterocycles. The number of nitrogens with zero attached hydrogens (tertiary/aromatic N) is 6. The normalized spacial score (nSPS) is 11.7. The molecule has 6 aromatic rings. The van der Waals surface area contributed by atoms with Gasteiger partial charge in [0.05, 0.1) is 22.3 Å². The third kappa shape index (κ3) is 3.30. The zero-order chi connectivity index (χ0) is 23.4. The Balaban J connectivity index is 1.51. The van der Waals surface area contributed by atoms with E-state index in [0.717, 1.165) is 38.8 Å². The number of para-hydroxylation sites is 1. The van der Waals surface area contributed by atoms with Crippen LogP contribution >= 0.6 is 11.8 Å². The molecule has 2 aromatic carbocycles. The van der Waals surface area contributed by atoms with Gasteiger partial charge in [-0.25, -0.2) is 9.55 Å². The third-order valence-corrected chi connectivity index (χ3v) is 6.96. The zero-order valence-electron chi connectivity index (χ0n) is 19.1. The van der Waals surface area contributed by atoms with Crippen molar-refractivity contribution >= 4 is 34.1 Å². The number of imidazole rings is 1. The Labute approximate surface area is 199 Å². The molecule has 0 fully saturated rings.